The van der Waals surface area contributed by atoms with Crippen LogP contribution in [0, 0.1) is 0 Å². The van der Waals surface area contributed by atoms with E-state index in [1.807, 2.05) is 60.7 Å². The summed E-state index contributed by atoms with van der Waals surface area (Å²) in [5, 5.41) is 33.8. The van der Waals surface area contributed by atoms with Crippen molar-refractivity contribution in [3.8, 4) is 45.8 Å². The van der Waals surface area contributed by atoms with Crippen LogP contribution in [-0.4, -0.2) is 61.2 Å². The van der Waals surface area contributed by atoms with E-state index in [4.69, 9.17) is 22.1 Å². The van der Waals surface area contributed by atoms with Gasteiger partial charge in [-0.05, 0) is 48.5 Å². The number of nitrogens with zero attached hydrogens (tertiary/aromatic N) is 10. The van der Waals surface area contributed by atoms with E-state index in [0.29, 0.717) is 34.4 Å². The molecule has 0 aliphatic heterocycles. The first kappa shape index (κ1) is 43.4. The van der Waals surface area contributed by atoms with Gasteiger partial charge in [-0.15, -0.1) is 10.2 Å². The summed E-state index contributed by atoms with van der Waals surface area (Å²) in [6.07, 6.45) is 3.43. The van der Waals surface area contributed by atoms with Crippen LogP contribution in [-0.2, 0) is 34.1 Å². The molecule has 43 heavy (non-hydrogen) atoms. The molecule has 0 fully saturated rings. The van der Waals surface area contributed by atoms with E-state index in [0.717, 1.165) is 16.1 Å². The maximum Gasteiger partial charge on any atom is 2.00 e. The molecule has 226 valence electrons. The minimum absolute atomic E-state index is 0. The molecule has 2 radical (unpaired) electrons. The van der Waals surface area contributed by atoms with Crippen molar-refractivity contribution in [1.82, 2.24) is 34.8 Å². The van der Waals surface area contributed by atoms with Gasteiger partial charge in [0, 0.05) is 12.4 Å². The van der Waals surface area contributed by atoms with Crippen LogP contribution < -0.4 is 0 Å². The van der Waals surface area contributed by atoms with Crippen molar-refractivity contribution >= 4 is 52.1 Å². The van der Waals surface area contributed by atoms with Crippen LogP contribution in [0.3, 0.4) is 0 Å². The van der Waals surface area contributed by atoms with Crippen LogP contribution in [0.2, 0.25) is 0 Å². The zero-order valence-corrected chi connectivity index (χ0v) is 25.7. The zero-order chi connectivity index (χ0) is 28.5. The van der Waals surface area contributed by atoms with Crippen molar-refractivity contribution in [1.29, 1.82) is 0 Å². The summed E-state index contributed by atoms with van der Waals surface area (Å²) in [6, 6.07) is 22.3. The number of hydrogen-bond donors (Lipinski definition) is 0. The molecule has 0 spiro atoms. The van der Waals surface area contributed by atoms with Crippen LogP contribution in [0.15, 0.2) is 85.2 Å². The molecule has 5 aromatic heterocycles. The van der Waals surface area contributed by atoms with Crippen molar-refractivity contribution in [2.75, 3.05) is 0 Å². The minimum atomic E-state index is 0. The number of isothiocyanates is 3. The third-order valence-electron chi connectivity index (χ3n) is 4.47. The maximum absolute atomic E-state index is 8.53. The van der Waals surface area contributed by atoms with Crippen LogP contribution in [0.5, 0.6) is 0 Å². The van der Waals surface area contributed by atoms with Gasteiger partial charge in [-0.1, -0.05) is 60.9 Å². The Morgan fingerprint density at radius 2 is 0.837 bits per heavy atom. The molecular formula is C25H19Cu2N11O2S3. The molecule has 0 amide bonds. The van der Waals surface area contributed by atoms with E-state index in [1.54, 1.807) is 24.5 Å². The van der Waals surface area contributed by atoms with Gasteiger partial charge in [-0.25, -0.2) is 9.97 Å². The minimum Gasteiger partial charge on any atom is -0.753 e. The number of rotatable bonds is 4. The molecule has 5 N–H and O–H groups in total. The molecule has 0 aliphatic carbocycles. The van der Waals surface area contributed by atoms with E-state index in [-0.39, 0.29) is 45.1 Å². The predicted octanol–water partition coefficient (Wildman–Crippen LogP) is 4.66. The van der Waals surface area contributed by atoms with Crippen LogP contribution in [0.1, 0.15) is 0 Å². The summed E-state index contributed by atoms with van der Waals surface area (Å²) in [6.45, 7) is 0. The van der Waals surface area contributed by atoms with Gasteiger partial charge in [0.2, 0.25) is 0 Å². The molecule has 5 rings (SSSR count). The molecule has 0 saturated carbocycles. The normalized spacial score (nSPS) is 8.09. The summed E-state index contributed by atoms with van der Waals surface area (Å²) in [5.41, 5.74) is 3.97. The van der Waals surface area contributed by atoms with E-state index in [1.165, 1.54) is 15.5 Å². The Morgan fingerprint density at radius 1 is 0.535 bits per heavy atom. The topological polar surface area (TPSA) is 236 Å². The molecule has 5 aromatic rings. The summed E-state index contributed by atoms with van der Waals surface area (Å²) in [5.74, 6) is 9.19. The van der Waals surface area contributed by atoms with Gasteiger partial charge in [0.15, 0.2) is 11.6 Å². The van der Waals surface area contributed by atoms with Gasteiger partial charge in [-0.2, -0.15) is 15.5 Å². The third-order valence-corrected chi connectivity index (χ3v) is 4.47. The summed E-state index contributed by atoms with van der Waals surface area (Å²) >= 11 is 11.1. The van der Waals surface area contributed by atoms with E-state index in [9.17, 15) is 0 Å². The molecule has 0 aromatic carbocycles. The van der Waals surface area contributed by atoms with Gasteiger partial charge in [0.05, 0.1) is 22.8 Å². The quantitative estimate of drug-likeness (QED) is 0.142. The molecule has 0 aliphatic rings. The third kappa shape index (κ3) is 13.2. The molecule has 0 saturated heterocycles. The first-order chi connectivity index (χ1) is 19.0. The largest absolute Gasteiger partial charge is 2.00 e. The summed E-state index contributed by atoms with van der Waals surface area (Å²) in [4.78, 5) is 17.9. The van der Waals surface area contributed by atoms with Gasteiger partial charge in [0.25, 0.3) is 0 Å². The molecular weight excluding hydrogens is 710 g/mol. The van der Waals surface area contributed by atoms with E-state index >= 15 is 0 Å². The fraction of sp³-hybridized carbons (Fsp3) is 0. The Labute approximate surface area is 283 Å². The molecule has 13 nitrogen and oxygen atoms in total. The Bertz CT molecular complexity index is 1480. The van der Waals surface area contributed by atoms with Crippen molar-refractivity contribution < 1.29 is 45.1 Å². The predicted molar refractivity (Wildman–Crippen MR) is 168 cm³/mol. The Hall–Kier alpha value is -4.10. The second kappa shape index (κ2) is 24.5. The summed E-state index contributed by atoms with van der Waals surface area (Å²) < 4.78 is 1.15. The Morgan fingerprint density at radius 3 is 1.14 bits per heavy atom. The van der Waals surface area contributed by atoms with Crippen LogP contribution >= 0.6 is 36.7 Å². The van der Waals surface area contributed by atoms with Gasteiger partial charge >= 0.3 is 34.1 Å². The average molecular weight is 729 g/mol. The fourth-order valence-corrected chi connectivity index (χ4v) is 3.05. The maximum atomic E-state index is 8.53. The number of aromatic nitrogens is 7. The molecule has 0 unspecified atom stereocenters. The van der Waals surface area contributed by atoms with Crippen LogP contribution in [0.4, 0.5) is 0 Å². The smallest absolute Gasteiger partial charge is 0.753 e. The standard InChI is InChI=1S/C22H15N8.3CNS.2Cu.2H2O/c23-30-21(19-11-5-9-17(26-19)15-7-1-3-13-24-15)28-29-22(30)20-12-6-10-18(27-20)16-8-2-4-14-25-16;3*2-1-3;;;;/h1-14,23H;;;;;;2*1H2/q4*-1;2*+2;;. The Kier molecular flexibility index (Phi) is 24.7. The average Bonchev–Trinajstić information content (AvgIpc) is 3.36. The number of pyridine rings is 4. The molecule has 5 heterocycles. The van der Waals surface area contributed by atoms with Gasteiger partial charge < -0.3 is 37.7 Å². The number of thiocarbonyl (C=S) groups is 3. The SMILES string of the molecule is O.O.[Cu+2].[Cu+2].[N-]=C=S.[N-]=C=S.[N-]=C=S.[NH-]n1c(-c2cccc(-c3ccccn3)n2)nnc1-c1cccc(-c2ccccn2)n1. The monoisotopic (exact) mass is 727 g/mol. The van der Waals surface area contributed by atoms with Crippen molar-refractivity contribution in [3.05, 3.63) is 107 Å². The second-order valence-corrected chi connectivity index (χ2v) is 7.25. The number of hydrogen-bond acceptors (Lipinski definition) is 9. The summed E-state index contributed by atoms with van der Waals surface area (Å²) in [7, 11) is 0. The second-order valence-electron chi connectivity index (χ2n) is 6.70. The van der Waals surface area contributed by atoms with Gasteiger partial charge in [-0.3, -0.25) is 9.97 Å². The fourth-order valence-electron chi connectivity index (χ4n) is 3.05. The number of nitrogens with one attached hydrogen (secondary N) is 1. The first-order valence-electron chi connectivity index (χ1n) is 10.5. The van der Waals surface area contributed by atoms with Gasteiger partial charge in [0.1, 0.15) is 11.4 Å². The van der Waals surface area contributed by atoms with Crippen molar-refractivity contribution in [3.63, 3.8) is 0 Å². The van der Waals surface area contributed by atoms with Crippen LogP contribution in [0.25, 0.3) is 67.9 Å². The molecule has 0 bridgehead atoms. The zero-order valence-electron chi connectivity index (χ0n) is 21.4. The van der Waals surface area contributed by atoms with Crippen molar-refractivity contribution in [2.45, 2.75) is 0 Å². The van der Waals surface area contributed by atoms with E-state index in [2.05, 4.69) is 66.8 Å². The van der Waals surface area contributed by atoms with E-state index < -0.39 is 0 Å². The van der Waals surface area contributed by atoms with Crippen molar-refractivity contribution in [2.24, 2.45) is 0 Å². The molecule has 18 heteroatoms. The Balaban J connectivity index is -0.00000111. The molecule has 0 atom stereocenters. The first-order valence-corrected chi connectivity index (χ1v) is 11.7.